The highest BCUT2D eigenvalue weighted by atomic mass is 32.1. The molecule has 2 fully saturated rings. The maximum Gasteiger partial charge on any atom is 0.203 e. The van der Waals surface area contributed by atoms with Gasteiger partial charge >= 0.3 is 0 Å². The van der Waals surface area contributed by atoms with Crippen molar-refractivity contribution >= 4 is 22.2 Å². The van der Waals surface area contributed by atoms with Crippen molar-refractivity contribution in [2.45, 2.75) is 40.0 Å². The Labute approximate surface area is 176 Å². The van der Waals surface area contributed by atoms with E-state index in [-0.39, 0.29) is 5.41 Å². The molecule has 148 valence electrons. The molecule has 4 heteroatoms. The Morgan fingerprint density at radius 3 is 2.31 bits per heavy atom. The van der Waals surface area contributed by atoms with Gasteiger partial charge < -0.3 is 0 Å². The molecule has 3 nitrogen and oxygen atoms in total. The van der Waals surface area contributed by atoms with Crippen molar-refractivity contribution in [3.05, 3.63) is 60.0 Å². The number of rotatable bonds is 4. The predicted molar refractivity (Wildman–Crippen MR) is 123 cm³/mol. The Bertz CT molecular complexity index is 1050. The van der Waals surface area contributed by atoms with Crippen LogP contribution in [-0.2, 0) is 0 Å². The number of benzene rings is 2. The lowest BCUT2D eigenvalue weighted by Crippen LogP contribution is -2.32. The highest BCUT2D eigenvalue weighted by Crippen LogP contribution is 2.63. The molecule has 2 aliphatic carbocycles. The minimum atomic E-state index is 0.220. The van der Waals surface area contributed by atoms with Crippen molar-refractivity contribution in [2.24, 2.45) is 21.8 Å². The van der Waals surface area contributed by atoms with Gasteiger partial charge in [-0.05, 0) is 41.7 Å². The monoisotopic (exact) mass is 401 g/mol. The molecule has 0 spiro atoms. The number of anilines is 1. The van der Waals surface area contributed by atoms with Gasteiger partial charge in [0.05, 0.1) is 5.69 Å². The molecule has 3 aromatic rings. The fourth-order valence-corrected chi connectivity index (χ4v) is 5.80. The lowest BCUT2D eigenvalue weighted by atomic mass is 9.70. The summed E-state index contributed by atoms with van der Waals surface area (Å²) in [5.74, 6) is 0.767. The molecule has 2 unspecified atom stereocenters. The van der Waals surface area contributed by atoms with E-state index in [1.54, 1.807) is 11.3 Å². The van der Waals surface area contributed by atoms with Crippen LogP contribution in [-0.4, -0.2) is 10.7 Å². The predicted octanol–water partition coefficient (Wildman–Crippen LogP) is 7.09. The van der Waals surface area contributed by atoms with Gasteiger partial charge in [-0.2, -0.15) is 5.10 Å². The topological polar surface area (TPSA) is 37.3 Å². The van der Waals surface area contributed by atoms with E-state index in [1.807, 2.05) is 6.07 Å². The summed E-state index contributed by atoms with van der Waals surface area (Å²) in [5, 5.41) is 7.79. The van der Waals surface area contributed by atoms with Gasteiger partial charge in [-0.25, -0.2) is 4.98 Å². The minimum absolute atomic E-state index is 0.220. The molecule has 29 heavy (non-hydrogen) atoms. The second-order valence-corrected chi connectivity index (χ2v) is 10.0. The first kappa shape index (κ1) is 18.6. The van der Waals surface area contributed by atoms with Gasteiger partial charge in [-0.15, -0.1) is 11.3 Å². The van der Waals surface area contributed by atoms with Crippen LogP contribution in [0.15, 0.2) is 65.1 Å². The zero-order chi connectivity index (χ0) is 20.1. The standard InChI is InChI=1S/C25H27N3S/c1-24(2)20-13-14-25(24,3)22(15-20)27-28-23-26-21(16-29-23)19-11-9-18(10-12-19)17-7-5-4-6-8-17/h4-12,16,20H,13-15H2,1-3H3,(H,26,28)/b27-22+. The number of hydrogen-bond donors (Lipinski definition) is 1. The molecule has 1 aromatic heterocycles. The highest BCUT2D eigenvalue weighted by molar-refractivity contribution is 7.14. The second kappa shape index (κ2) is 6.81. The molecule has 2 saturated carbocycles. The first-order valence-electron chi connectivity index (χ1n) is 10.4. The van der Waals surface area contributed by atoms with Crippen molar-refractivity contribution in [1.82, 2.24) is 4.98 Å². The Morgan fingerprint density at radius 2 is 1.66 bits per heavy atom. The SMILES string of the molecule is CC12CCC(C/C1=N\Nc1nc(-c3ccc(-c4ccccc4)cc3)cs1)C2(C)C. The van der Waals surface area contributed by atoms with Crippen LogP contribution in [0.2, 0.25) is 0 Å². The summed E-state index contributed by atoms with van der Waals surface area (Å²) in [6.07, 6.45) is 3.71. The molecule has 2 bridgehead atoms. The van der Waals surface area contributed by atoms with Crippen LogP contribution < -0.4 is 5.43 Å². The quantitative estimate of drug-likeness (QED) is 0.474. The van der Waals surface area contributed by atoms with Gasteiger partial charge in [-0.1, -0.05) is 75.4 Å². The van der Waals surface area contributed by atoms with Crippen LogP contribution in [0, 0.1) is 16.7 Å². The first-order chi connectivity index (χ1) is 14.0. The summed E-state index contributed by atoms with van der Waals surface area (Å²) < 4.78 is 0. The van der Waals surface area contributed by atoms with Gasteiger partial charge in [0.2, 0.25) is 5.13 Å². The molecular weight excluding hydrogens is 374 g/mol. The number of hydrogen-bond acceptors (Lipinski definition) is 4. The van der Waals surface area contributed by atoms with Crippen molar-refractivity contribution < 1.29 is 0 Å². The van der Waals surface area contributed by atoms with Gasteiger partial charge in [0.15, 0.2) is 0 Å². The van der Waals surface area contributed by atoms with Crippen LogP contribution in [0.4, 0.5) is 5.13 Å². The molecule has 0 radical (unpaired) electrons. The zero-order valence-corrected chi connectivity index (χ0v) is 18.1. The molecule has 2 atom stereocenters. The van der Waals surface area contributed by atoms with E-state index in [0.29, 0.717) is 5.41 Å². The van der Waals surface area contributed by atoms with E-state index in [9.17, 15) is 0 Å². The number of thiazole rings is 1. The number of aromatic nitrogens is 1. The fraction of sp³-hybridized carbons (Fsp3) is 0.360. The Kier molecular flexibility index (Phi) is 4.36. The van der Waals surface area contributed by atoms with Crippen LogP contribution >= 0.6 is 11.3 Å². The summed E-state index contributed by atoms with van der Waals surface area (Å²) in [6, 6.07) is 19.1. The average Bonchev–Trinajstić information content (AvgIpc) is 3.36. The molecular formula is C25H27N3S. The smallest absolute Gasteiger partial charge is 0.203 e. The van der Waals surface area contributed by atoms with Crippen molar-refractivity contribution in [2.75, 3.05) is 5.43 Å². The number of nitrogens with one attached hydrogen (secondary N) is 1. The molecule has 0 aliphatic heterocycles. The Morgan fingerprint density at radius 1 is 0.966 bits per heavy atom. The molecule has 2 aromatic carbocycles. The van der Waals surface area contributed by atoms with Crippen molar-refractivity contribution in [3.8, 4) is 22.4 Å². The van der Waals surface area contributed by atoms with Crippen molar-refractivity contribution in [3.63, 3.8) is 0 Å². The zero-order valence-electron chi connectivity index (χ0n) is 17.3. The van der Waals surface area contributed by atoms with Crippen LogP contribution in [0.25, 0.3) is 22.4 Å². The van der Waals surface area contributed by atoms with E-state index in [0.717, 1.165) is 28.7 Å². The summed E-state index contributed by atoms with van der Waals surface area (Å²) in [7, 11) is 0. The first-order valence-corrected chi connectivity index (χ1v) is 11.3. The second-order valence-electron chi connectivity index (χ2n) is 9.15. The van der Waals surface area contributed by atoms with E-state index in [4.69, 9.17) is 10.1 Å². The Balaban J connectivity index is 1.32. The van der Waals surface area contributed by atoms with Crippen LogP contribution in [0.5, 0.6) is 0 Å². The maximum absolute atomic E-state index is 4.82. The summed E-state index contributed by atoms with van der Waals surface area (Å²) in [5.41, 5.74) is 9.74. The highest BCUT2D eigenvalue weighted by Gasteiger charge is 2.59. The Hall–Kier alpha value is -2.46. The van der Waals surface area contributed by atoms with Gasteiger partial charge in [-0.3, -0.25) is 5.43 Å². The van der Waals surface area contributed by atoms with E-state index >= 15 is 0 Å². The number of nitrogens with zero attached hydrogens (tertiary/aromatic N) is 2. The van der Waals surface area contributed by atoms with Crippen molar-refractivity contribution in [1.29, 1.82) is 0 Å². The average molecular weight is 402 g/mol. The summed E-state index contributed by atoms with van der Waals surface area (Å²) in [4.78, 5) is 4.77. The third-order valence-electron chi connectivity index (χ3n) is 7.59. The largest absolute Gasteiger partial charge is 0.253 e. The maximum atomic E-state index is 4.82. The minimum Gasteiger partial charge on any atom is -0.253 e. The fourth-order valence-electron chi connectivity index (χ4n) is 5.13. The molecule has 0 amide bonds. The summed E-state index contributed by atoms with van der Waals surface area (Å²) in [6.45, 7) is 7.21. The van der Waals surface area contributed by atoms with Gasteiger partial charge in [0.25, 0.3) is 0 Å². The normalized spacial score (nSPS) is 26.2. The molecule has 1 N–H and O–H groups in total. The number of fused-ring (bicyclic) bond motifs is 2. The van der Waals surface area contributed by atoms with E-state index < -0.39 is 0 Å². The summed E-state index contributed by atoms with van der Waals surface area (Å²) >= 11 is 1.62. The lowest BCUT2D eigenvalue weighted by Gasteiger charge is -2.34. The van der Waals surface area contributed by atoms with Gasteiger partial charge in [0.1, 0.15) is 0 Å². The number of hydrazone groups is 1. The van der Waals surface area contributed by atoms with Gasteiger partial charge in [0, 0.05) is 22.1 Å². The van der Waals surface area contributed by atoms with Crippen LogP contribution in [0.3, 0.4) is 0 Å². The van der Waals surface area contributed by atoms with E-state index in [2.05, 4.69) is 80.1 Å². The molecule has 5 rings (SSSR count). The van der Waals surface area contributed by atoms with E-state index in [1.165, 1.54) is 29.7 Å². The molecule has 2 aliphatic rings. The third kappa shape index (κ3) is 3.01. The third-order valence-corrected chi connectivity index (χ3v) is 8.34. The molecule has 0 saturated heterocycles. The lowest BCUT2D eigenvalue weighted by molar-refractivity contribution is 0.194. The molecule has 1 heterocycles. The van der Waals surface area contributed by atoms with Crippen LogP contribution in [0.1, 0.15) is 40.0 Å².